The van der Waals surface area contributed by atoms with Crippen molar-refractivity contribution in [1.29, 1.82) is 0 Å². The van der Waals surface area contributed by atoms with Crippen molar-refractivity contribution in [3.63, 3.8) is 0 Å². The molecule has 3 nitrogen and oxygen atoms in total. The molecule has 0 saturated heterocycles. The van der Waals surface area contributed by atoms with Gasteiger partial charge in [-0.1, -0.05) is 22.0 Å². The van der Waals surface area contributed by atoms with Crippen molar-refractivity contribution >= 4 is 21.8 Å². The third-order valence-corrected chi connectivity index (χ3v) is 4.44. The Morgan fingerprint density at radius 1 is 1.56 bits per heavy atom. The number of hydrogen-bond acceptors (Lipinski definition) is 2. The lowest BCUT2D eigenvalue weighted by Gasteiger charge is -2.41. The summed E-state index contributed by atoms with van der Waals surface area (Å²) in [5, 5.41) is 3.59. The molecule has 1 saturated carbocycles. The fourth-order valence-electron chi connectivity index (χ4n) is 2.09. The highest BCUT2D eigenvalue weighted by Gasteiger charge is 2.38. The number of carbonyl (C=O) groups is 1. The second-order valence-electron chi connectivity index (χ2n) is 4.54. The molecule has 0 atom stereocenters. The fourth-order valence-corrected chi connectivity index (χ4v) is 2.79. The minimum Gasteiger partial charge on any atom is -0.496 e. The summed E-state index contributed by atoms with van der Waals surface area (Å²) >= 11 is 3.40. The number of benzene rings is 1. The molecule has 1 aliphatic rings. The SMILES string of the molecule is COc1cccc(F)c1C(=O)NC1(CBr)CCC1. The molecule has 18 heavy (non-hydrogen) atoms. The van der Waals surface area contributed by atoms with Gasteiger partial charge in [-0.05, 0) is 31.4 Å². The highest BCUT2D eigenvalue weighted by Crippen LogP contribution is 2.34. The second-order valence-corrected chi connectivity index (χ2v) is 5.10. The van der Waals surface area contributed by atoms with E-state index < -0.39 is 11.7 Å². The first-order valence-corrected chi connectivity index (χ1v) is 6.95. The molecule has 5 heteroatoms. The zero-order valence-corrected chi connectivity index (χ0v) is 11.7. The van der Waals surface area contributed by atoms with Crippen LogP contribution in [0, 0.1) is 5.82 Å². The molecule has 2 rings (SSSR count). The molecule has 1 fully saturated rings. The van der Waals surface area contributed by atoms with Crippen LogP contribution in [0.3, 0.4) is 0 Å². The molecule has 0 spiro atoms. The van der Waals surface area contributed by atoms with Gasteiger partial charge in [0.2, 0.25) is 0 Å². The largest absolute Gasteiger partial charge is 0.496 e. The zero-order chi connectivity index (χ0) is 13.2. The van der Waals surface area contributed by atoms with Gasteiger partial charge >= 0.3 is 0 Å². The molecule has 0 bridgehead atoms. The van der Waals surface area contributed by atoms with Crippen LogP contribution >= 0.6 is 15.9 Å². The van der Waals surface area contributed by atoms with E-state index in [4.69, 9.17) is 4.74 Å². The Labute approximate surface area is 114 Å². The first-order chi connectivity index (χ1) is 8.62. The van der Waals surface area contributed by atoms with Crippen LogP contribution in [0.25, 0.3) is 0 Å². The molecule has 1 aromatic carbocycles. The van der Waals surface area contributed by atoms with E-state index >= 15 is 0 Å². The van der Waals surface area contributed by atoms with Crippen LogP contribution in [0.15, 0.2) is 18.2 Å². The fraction of sp³-hybridized carbons (Fsp3) is 0.462. The first kappa shape index (κ1) is 13.3. The van der Waals surface area contributed by atoms with Gasteiger partial charge < -0.3 is 10.1 Å². The highest BCUT2D eigenvalue weighted by molar-refractivity contribution is 9.09. The van der Waals surface area contributed by atoms with Crippen molar-refractivity contribution in [3.8, 4) is 5.75 Å². The molecule has 0 aliphatic heterocycles. The van der Waals surface area contributed by atoms with E-state index in [2.05, 4.69) is 21.2 Å². The lowest BCUT2D eigenvalue weighted by atomic mass is 9.78. The van der Waals surface area contributed by atoms with Crippen LogP contribution < -0.4 is 10.1 Å². The lowest BCUT2D eigenvalue weighted by Crippen LogP contribution is -2.55. The Bertz CT molecular complexity index is 455. The quantitative estimate of drug-likeness (QED) is 0.868. The molecule has 1 aromatic rings. The average Bonchev–Trinajstić information content (AvgIpc) is 2.33. The Morgan fingerprint density at radius 2 is 2.28 bits per heavy atom. The maximum atomic E-state index is 13.7. The van der Waals surface area contributed by atoms with Crippen LogP contribution in [0.2, 0.25) is 0 Å². The van der Waals surface area contributed by atoms with Crippen LogP contribution in [0.4, 0.5) is 4.39 Å². The number of nitrogens with one attached hydrogen (secondary N) is 1. The van der Waals surface area contributed by atoms with Crippen molar-refractivity contribution in [3.05, 3.63) is 29.6 Å². The van der Waals surface area contributed by atoms with Gasteiger partial charge in [-0.3, -0.25) is 4.79 Å². The Hall–Kier alpha value is -1.10. The molecule has 98 valence electrons. The zero-order valence-electron chi connectivity index (χ0n) is 10.1. The molecule has 0 radical (unpaired) electrons. The van der Waals surface area contributed by atoms with Gasteiger partial charge in [-0.25, -0.2) is 4.39 Å². The Morgan fingerprint density at radius 3 is 2.78 bits per heavy atom. The standard InChI is InChI=1S/C13H15BrFNO2/c1-18-10-5-2-4-9(15)11(10)12(17)16-13(8-14)6-3-7-13/h2,4-5H,3,6-8H2,1H3,(H,16,17). The van der Waals surface area contributed by atoms with E-state index in [-0.39, 0.29) is 16.9 Å². The first-order valence-electron chi connectivity index (χ1n) is 5.83. The maximum Gasteiger partial charge on any atom is 0.258 e. The molecule has 1 N–H and O–H groups in total. The van der Waals surface area contributed by atoms with E-state index in [1.54, 1.807) is 6.07 Å². The number of amides is 1. The predicted octanol–water partition coefficient (Wildman–Crippen LogP) is 2.88. The van der Waals surface area contributed by atoms with Gasteiger partial charge in [0.15, 0.2) is 0 Å². The topological polar surface area (TPSA) is 38.3 Å². The number of halogens is 2. The van der Waals surface area contributed by atoms with Crippen molar-refractivity contribution in [2.75, 3.05) is 12.4 Å². The van der Waals surface area contributed by atoms with Gasteiger partial charge in [-0.2, -0.15) is 0 Å². The van der Waals surface area contributed by atoms with E-state index in [1.807, 2.05) is 0 Å². The molecule has 1 aliphatic carbocycles. The lowest BCUT2D eigenvalue weighted by molar-refractivity contribution is 0.0849. The molecule has 0 aromatic heterocycles. The average molecular weight is 316 g/mol. The summed E-state index contributed by atoms with van der Waals surface area (Å²) in [6.45, 7) is 0. The van der Waals surface area contributed by atoms with Gasteiger partial charge in [0.05, 0.1) is 12.6 Å². The third-order valence-electron chi connectivity index (χ3n) is 3.37. The summed E-state index contributed by atoms with van der Waals surface area (Å²) in [4.78, 5) is 12.2. The summed E-state index contributed by atoms with van der Waals surface area (Å²) in [5.74, 6) is -0.712. The van der Waals surface area contributed by atoms with Crippen molar-refractivity contribution < 1.29 is 13.9 Å². The Kier molecular flexibility index (Phi) is 3.90. The molecule has 0 heterocycles. The monoisotopic (exact) mass is 315 g/mol. The van der Waals surface area contributed by atoms with Crippen molar-refractivity contribution in [1.82, 2.24) is 5.32 Å². The highest BCUT2D eigenvalue weighted by atomic mass is 79.9. The summed E-state index contributed by atoms with van der Waals surface area (Å²) in [6.07, 6.45) is 2.92. The number of hydrogen-bond donors (Lipinski definition) is 1. The minimum atomic E-state index is -0.559. The van der Waals surface area contributed by atoms with Gasteiger partial charge in [0.1, 0.15) is 17.1 Å². The molecule has 0 unspecified atom stereocenters. The molecule has 1 amide bonds. The number of alkyl halides is 1. The second kappa shape index (κ2) is 5.26. The van der Waals surface area contributed by atoms with E-state index in [9.17, 15) is 9.18 Å². The van der Waals surface area contributed by atoms with Gasteiger partial charge in [-0.15, -0.1) is 0 Å². The van der Waals surface area contributed by atoms with Gasteiger partial charge in [0, 0.05) is 5.33 Å². The molecular formula is C13H15BrFNO2. The van der Waals surface area contributed by atoms with Crippen LogP contribution in [-0.4, -0.2) is 23.9 Å². The van der Waals surface area contributed by atoms with Crippen LogP contribution in [0.1, 0.15) is 29.6 Å². The van der Waals surface area contributed by atoms with Crippen LogP contribution in [-0.2, 0) is 0 Å². The number of methoxy groups -OCH3 is 1. The number of carbonyl (C=O) groups excluding carboxylic acids is 1. The summed E-state index contributed by atoms with van der Waals surface area (Å²) in [7, 11) is 1.43. The minimum absolute atomic E-state index is 0.0211. The van der Waals surface area contributed by atoms with Crippen LogP contribution in [0.5, 0.6) is 5.75 Å². The third kappa shape index (κ3) is 2.36. The van der Waals surface area contributed by atoms with Gasteiger partial charge in [0.25, 0.3) is 5.91 Å². The number of rotatable bonds is 4. The number of ether oxygens (including phenoxy) is 1. The Balaban J connectivity index is 2.23. The summed E-state index contributed by atoms with van der Waals surface area (Å²) < 4.78 is 18.8. The molecular weight excluding hydrogens is 301 g/mol. The predicted molar refractivity (Wildman–Crippen MR) is 70.8 cm³/mol. The summed E-state index contributed by atoms with van der Waals surface area (Å²) in [5.41, 5.74) is -0.253. The van der Waals surface area contributed by atoms with E-state index in [0.29, 0.717) is 5.33 Å². The summed E-state index contributed by atoms with van der Waals surface area (Å²) in [6, 6.07) is 4.37. The van der Waals surface area contributed by atoms with E-state index in [0.717, 1.165) is 19.3 Å². The van der Waals surface area contributed by atoms with E-state index in [1.165, 1.54) is 19.2 Å². The maximum absolute atomic E-state index is 13.7. The smallest absolute Gasteiger partial charge is 0.258 e. The van der Waals surface area contributed by atoms with Crippen molar-refractivity contribution in [2.24, 2.45) is 0 Å². The normalized spacial score (nSPS) is 16.8. The van der Waals surface area contributed by atoms with Crippen molar-refractivity contribution in [2.45, 2.75) is 24.8 Å².